The highest BCUT2D eigenvalue weighted by Crippen LogP contribution is 2.50. The van der Waals surface area contributed by atoms with Gasteiger partial charge in [0, 0.05) is 30.9 Å². The van der Waals surface area contributed by atoms with Crippen molar-refractivity contribution in [1.29, 1.82) is 0 Å². The van der Waals surface area contributed by atoms with E-state index in [9.17, 15) is 22.4 Å². The zero-order valence-corrected chi connectivity index (χ0v) is 20.4. The highest BCUT2D eigenvalue weighted by atomic mass is 35.5. The molecular weight excluding hydrogens is 511 g/mol. The number of nitrogens with one attached hydrogen (secondary N) is 1. The van der Waals surface area contributed by atoms with Crippen LogP contribution in [-0.4, -0.2) is 33.8 Å². The summed E-state index contributed by atoms with van der Waals surface area (Å²) in [5.74, 6) is -1.26. The normalized spacial score (nSPS) is 19.6. The number of carbonyl (C=O) groups is 1. The molecule has 1 aromatic heterocycles. The lowest BCUT2D eigenvalue weighted by molar-refractivity contribution is -0.275. The van der Waals surface area contributed by atoms with Crippen molar-refractivity contribution in [2.75, 3.05) is 0 Å². The molecule has 0 fully saturated rings. The van der Waals surface area contributed by atoms with Crippen LogP contribution in [-0.2, 0) is 23.5 Å². The van der Waals surface area contributed by atoms with Gasteiger partial charge in [0.05, 0.1) is 16.5 Å². The molecule has 0 spiro atoms. The number of oxime groups is 1. The minimum Gasteiger partial charge on any atom is -0.372 e. The Morgan fingerprint density at radius 3 is 2.40 bits per heavy atom. The van der Waals surface area contributed by atoms with Crippen LogP contribution in [0.5, 0.6) is 0 Å². The van der Waals surface area contributed by atoms with Gasteiger partial charge in [-0.2, -0.15) is 13.2 Å². The number of benzene rings is 1. The molecule has 0 bridgehead atoms. The largest absolute Gasteiger partial charge is 0.435 e. The summed E-state index contributed by atoms with van der Waals surface area (Å²) in [6.07, 6.45) is -2.43. The number of hydrogen-bond acceptors (Lipinski definition) is 5. The summed E-state index contributed by atoms with van der Waals surface area (Å²) >= 11 is 11.5. The Hall–Kier alpha value is -2.59. The monoisotopic (exact) mass is 532 g/mol. The van der Waals surface area contributed by atoms with Crippen LogP contribution >= 0.6 is 23.2 Å². The molecule has 188 valence electrons. The van der Waals surface area contributed by atoms with E-state index in [1.807, 2.05) is 13.8 Å². The van der Waals surface area contributed by atoms with Gasteiger partial charge in [0.2, 0.25) is 0 Å². The first-order valence-corrected chi connectivity index (χ1v) is 11.7. The first-order valence-electron chi connectivity index (χ1n) is 11.0. The van der Waals surface area contributed by atoms with Crippen molar-refractivity contribution in [3.63, 3.8) is 0 Å². The van der Waals surface area contributed by atoms with Crippen LogP contribution in [0.4, 0.5) is 17.6 Å². The number of alkyl halides is 3. The van der Waals surface area contributed by atoms with Gasteiger partial charge in [-0.15, -0.1) is 0 Å². The molecule has 2 aliphatic rings. The van der Waals surface area contributed by atoms with E-state index in [0.717, 1.165) is 36.1 Å². The van der Waals surface area contributed by atoms with E-state index >= 15 is 0 Å². The minimum absolute atomic E-state index is 0.0306. The maximum atomic E-state index is 14.2. The summed E-state index contributed by atoms with van der Waals surface area (Å²) in [6.45, 7) is 4.42. The fraction of sp³-hybridized carbons (Fsp3) is 0.435. The number of hydrogen-bond donors (Lipinski definition) is 1. The molecule has 3 heterocycles. The Balaban J connectivity index is 1.55. The standard InChI is InChI=1S/C23H22Cl2F4N4O2/c1-3-15(4-2)31-21(34)18-5-12-10-33(11-13(12)9-30-18)19-8-22(35-32-19,23(27,28)29)14-6-16(24)20(26)17(25)7-14/h5-7,9,15H,3-4,8,10-11H2,1-2H3,(H,31,34). The van der Waals surface area contributed by atoms with Gasteiger partial charge in [-0.1, -0.05) is 42.2 Å². The molecular formula is C23H22Cl2F4N4O2. The van der Waals surface area contributed by atoms with Gasteiger partial charge in [0.25, 0.3) is 11.5 Å². The van der Waals surface area contributed by atoms with Crippen molar-refractivity contribution in [3.05, 3.63) is 62.6 Å². The first kappa shape index (κ1) is 25.5. The molecule has 2 aromatic rings. The molecule has 2 aliphatic heterocycles. The van der Waals surface area contributed by atoms with Crippen molar-refractivity contribution >= 4 is 34.9 Å². The van der Waals surface area contributed by atoms with E-state index in [1.54, 1.807) is 17.2 Å². The molecule has 1 atom stereocenters. The quantitative estimate of drug-likeness (QED) is 0.381. The second kappa shape index (κ2) is 9.46. The Kier molecular flexibility index (Phi) is 6.89. The van der Waals surface area contributed by atoms with Crippen LogP contribution < -0.4 is 5.32 Å². The number of amidine groups is 1. The molecule has 12 heteroatoms. The summed E-state index contributed by atoms with van der Waals surface area (Å²) in [5, 5.41) is 5.56. The third kappa shape index (κ3) is 4.65. The first-order chi connectivity index (χ1) is 16.5. The van der Waals surface area contributed by atoms with E-state index in [0.29, 0.717) is 0 Å². The number of fused-ring (bicyclic) bond motifs is 1. The number of aromatic nitrogens is 1. The number of rotatable bonds is 5. The third-order valence-electron chi connectivity index (χ3n) is 6.35. The molecule has 0 aliphatic carbocycles. The Morgan fingerprint density at radius 2 is 1.80 bits per heavy atom. The SMILES string of the molecule is CCC(CC)NC(=O)c1cc2c(cn1)CN(C1=NOC(c3cc(Cl)c(F)c(Cl)c3)(C(F)(F)F)C1)C2. The Labute approximate surface area is 209 Å². The summed E-state index contributed by atoms with van der Waals surface area (Å²) in [7, 11) is 0. The zero-order chi connectivity index (χ0) is 25.5. The fourth-order valence-corrected chi connectivity index (χ4v) is 4.67. The van der Waals surface area contributed by atoms with Gasteiger partial charge in [0.15, 0.2) is 5.82 Å². The van der Waals surface area contributed by atoms with Gasteiger partial charge < -0.3 is 15.1 Å². The smallest absolute Gasteiger partial charge is 0.372 e. The second-order valence-electron chi connectivity index (χ2n) is 8.54. The molecule has 0 saturated heterocycles. The number of carbonyl (C=O) groups excluding carboxylic acids is 1. The minimum atomic E-state index is -4.89. The molecule has 4 rings (SSSR count). The molecule has 1 amide bonds. The summed E-state index contributed by atoms with van der Waals surface area (Å²) in [5.41, 5.74) is -1.54. The summed E-state index contributed by atoms with van der Waals surface area (Å²) < 4.78 is 56.6. The van der Waals surface area contributed by atoms with E-state index in [-0.39, 0.29) is 36.6 Å². The van der Waals surface area contributed by atoms with Crippen LogP contribution in [0.25, 0.3) is 0 Å². The zero-order valence-electron chi connectivity index (χ0n) is 18.8. The maximum absolute atomic E-state index is 14.2. The lowest BCUT2D eigenvalue weighted by atomic mass is 9.89. The lowest BCUT2D eigenvalue weighted by Crippen LogP contribution is -2.44. The predicted molar refractivity (Wildman–Crippen MR) is 123 cm³/mol. The number of halogens is 6. The topological polar surface area (TPSA) is 66.8 Å². The van der Waals surface area contributed by atoms with E-state index in [2.05, 4.69) is 15.5 Å². The van der Waals surface area contributed by atoms with Crippen molar-refractivity contribution < 1.29 is 27.2 Å². The predicted octanol–water partition coefficient (Wildman–Crippen LogP) is 5.95. The summed E-state index contributed by atoms with van der Waals surface area (Å²) in [6, 6.07) is 3.37. The Morgan fingerprint density at radius 1 is 1.17 bits per heavy atom. The van der Waals surface area contributed by atoms with E-state index in [1.165, 1.54) is 0 Å². The second-order valence-corrected chi connectivity index (χ2v) is 9.35. The highest BCUT2D eigenvalue weighted by molar-refractivity contribution is 6.35. The molecule has 0 saturated carbocycles. The maximum Gasteiger partial charge on any atom is 0.435 e. The van der Waals surface area contributed by atoms with E-state index < -0.39 is 39.6 Å². The molecule has 1 N–H and O–H groups in total. The van der Waals surface area contributed by atoms with Crippen LogP contribution in [0, 0.1) is 5.82 Å². The van der Waals surface area contributed by atoms with Crippen molar-refractivity contribution in [2.24, 2.45) is 5.16 Å². The van der Waals surface area contributed by atoms with Crippen molar-refractivity contribution in [3.8, 4) is 0 Å². The van der Waals surface area contributed by atoms with Crippen molar-refractivity contribution in [1.82, 2.24) is 15.2 Å². The van der Waals surface area contributed by atoms with Crippen LogP contribution in [0.1, 0.15) is 60.3 Å². The van der Waals surface area contributed by atoms with Gasteiger partial charge in [-0.3, -0.25) is 9.78 Å². The molecule has 1 unspecified atom stereocenters. The molecule has 35 heavy (non-hydrogen) atoms. The van der Waals surface area contributed by atoms with Gasteiger partial charge in [-0.05, 0) is 42.2 Å². The third-order valence-corrected chi connectivity index (χ3v) is 6.90. The Bertz CT molecular complexity index is 1160. The van der Waals surface area contributed by atoms with Gasteiger partial charge >= 0.3 is 6.18 Å². The average Bonchev–Trinajstić information content (AvgIpc) is 3.45. The van der Waals surface area contributed by atoms with E-state index in [4.69, 9.17) is 28.0 Å². The number of amides is 1. The van der Waals surface area contributed by atoms with Crippen LogP contribution in [0.3, 0.4) is 0 Å². The van der Waals surface area contributed by atoms with Gasteiger partial charge in [-0.25, -0.2) is 4.39 Å². The molecule has 6 nitrogen and oxygen atoms in total. The van der Waals surface area contributed by atoms with Crippen LogP contribution in [0.2, 0.25) is 10.0 Å². The molecule has 1 aromatic carbocycles. The number of nitrogens with zero attached hydrogens (tertiary/aromatic N) is 3. The van der Waals surface area contributed by atoms with Crippen LogP contribution in [0.15, 0.2) is 29.6 Å². The molecule has 0 radical (unpaired) electrons. The fourth-order valence-electron chi connectivity index (χ4n) is 4.19. The van der Waals surface area contributed by atoms with Gasteiger partial charge in [0.1, 0.15) is 11.5 Å². The lowest BCUT2D eigenvalue weighted by Gasteiger charge is -2.30. The average molecular weight is 533 g/mol. The summed E-state index contributed by atoms with van der Waals surface area (Å²) in [4.78, 5) is 23.4. The number of pyridine rings is 1. The highest BCUT2D eigenvalue weighted by Gasteiger charge is 2.63. The van der Waals surface area contributed by atoms with Crippen molar-refractivity contribution in [2.45, 2.75) is 64.0 Å².